The lowest BCUT2D eigenvalue weighted by atomic mass is 9.84. The molecule has 4 heteroatoms. The maximum atomic E-state index is 10.8. The highest BCUT2D eigenvalue weighted by atomic mass is 16.5. The van der Waals surface area contributed by atoms with Crippen LogP contribution in [0.3, 0.4) is 0 Å². The molecule has 2 N–H and O–H groups in total. The van der Waals surface area contributed by atoms with Crippen molar-refractivity contribution in [1.29, 1.82) is 0 Å². The molecule has 0 heterocycles. The summed E-state index contributed by atoms with van der Waals surface area (Å²) in [6.45, 7) is 4.97. The number of carboxylic acids is 1. The van der Waals surface area contributed by atoms with E-state index in [9.17, 15) is 9.90 Å². The number of aliphatic carboxylic acids is 1. The molecule has 2 fully saturated rings. The highest BCUT2D eigenvalue weighted by molar-refractivity contribution is 5.67. The Hall–Kier alpha value is -0.610. The van der Waals surface area contributed by atoms with Crippen LogP contribution in [0.2, 0.25) is 0 Å². The first-order valence-electron chi connectivity index (χ1n) is 11.0. The van der Waals surface area contributed by atoms with Gasteiger partial charge in [-0.05, 0) is 68.1 Å². The van der Waals surface area contributed by atoms with Gasteiger partial charge in [0.25, 0.3) is 0 Å². The Morgan fingerprint density at radius 2 is 1.92 bits per heavy atom. The number of rotatable bonds is 13. The third kappa shape index (κ3) is 6.84. The summed E-state index contributed by atoms with van der Waals surface area (Å²) in [6.07, 6.45) is 13.1. The first-order chi connectivity index (χ1) is 12.5. The van der Waals surface area contributed by atoms with E-state index in [-0.39, 0.29) is 12.7 Å². The number of fused-ring (bicyclic) bond motifs is 1. The second-order valence-corrected chi connectivity index (χ2v) is 8.98. The van der Waals surface area contributed by atoms with Crippen LogP contribution in [0.1, 0.15) is 84.5 Å². The molecule has 6 atom stereocenters. The van der Waals surface area contributed by atoms with Crippen molar-refractivity contribution in [2.24, 2.45) is 29.6 Å². The average Bonchev–Trinajstić information content (AvgIpc) is 3.16. The van der Waals surface area contributed by atoms with Crippen molar-refractivity contribution in [3.05, 3.63) is 0 Å². The third-order valence-electron chi connectivity index (χ3n) is 6.91. The molecule has 0 spiro atoms. The van der Waals surface area contributed by atoms with Crippen molar-refractivity contribution in [2.45, 2.75) is 90.6 Å². The van der Waals surface area contributed by atoms with Gasteiger partial charge in [-0.15, -0.1) is 0 Å². The number of ether oxygens (including phenoxy) is 1. The highest BCUT2D eigenvalue weighted by Gasteiger charge is 2.45. The second-order valence-electron chi connectivity index (χ2n) is 8.98. The molecular formula is C22H40O4. The summed E-state index contributed by atoms with van der Waals surface area (Å²) in [5.41, 5.74) is 0. The van der Waals surface area contributed by atoms with Gasteiger partial charge in [-0.2, -0.15) is 0 Å². The molecule has 4 nitrogen and oxygen atoms in total. The zero-order chi connectivity index (χ0) is 18.9. The van der Waals surface area contributed by atoms with Crippen molar-refractivity contribution in [3.63, 3.8) is 0 Å². The zero-order valence-electron chi connectivity index (χ0n) is 16.9. The normalized spacial score (nSPS) is 30.3. The number of hydrogen-bond acceptors (Lipinski definition) is 3. The maximum Gasteiger partial charge on any atom is 0.329 e. The van der Waals surface area contributed by atoms with Crippen molar-refractivity contribution < 1.29 is 19.7 Å². The van der Waals surface area contributed by atoms with Crippen LogP contribution in [0.15, 0.2) is 0 Å². The van der Waals surface area contributed by atoms with Crippen LogP contribution in [0.4, 0.5) is 0 Å². The molecule has 0 aromatic rings. The van der Waals surface area contributed by atoms with Crippen molar-refractivity contribution in [1.82, 2.24) is 0 Å². The SMILES string of the molecule is CCCCC(C)CCCC(O)[C@@H]1CC[C@H]2CC(CCOCC(=O)O)C[C@H]21. The smallest absolute Gasteiger partial charge is 0.329 e. The molecule has 0 radical (unpaired) electrons. The van der Waals surface area contributed by atoms with Crippen LogP contribution < -0.4 is 0 Å². The number of unbranched alkanes of at least 4 members (excludes halogenated alkanes) is 1. The third-order valence-corrected chi connectivity index (χ3v) is 6.91. The monoisotopic (exact) mass is 368 g/mol. The van der Waals surface area contributed by atoms with E-state index in [0.717, 1.165) is 31.1 Å². The average molecular weight is 369 g/mol. The quantitative estimate of drug-likeness (QED) is 0.454. The fourth-order valence-electron chi connectivity index (χ4n) is 5.46. The van der Waals surface area contributed by atoms with Crippen molar-refractivity contribution in [2.75, 3.05) is 13.2 Å². The van der Waals surface area contributed by atoms with Gasteiger partial charge in [0.15, 0.2) is 0 Å². The molecule has 2 aliphatic rings. The molecule has 2 aliphatic carbocycles. The Kier molecular flexibility index (Phi) is 9.41. The van der Waals surface area contributed by atoms with Crippen LogP contribution >= 0.6 is 0 Å². The van der Waals surface area contributed by atoms with E-state index in [1.165, 1.54) is 51.4 Å². The highest BCUT2D eigenvalue weighted by Crippen LogP contribution is 2.52. The minimum atomic E-state index is -0.888. The van der Waals surface area contributed by atoms with E-state index < -0.39 is 5.97 Å². The molecule has 3 unspecified atom stereocenters. The maximum absolute atomic E-state index is 10.8. The molecule has 2 rings (SSSR count). The minimum Gasteiger partial charge on any atom is -0.480 e. The number of hydrogen-bond donors (Lipinski definition) is 2. The largest absolute Gasteiger partial charge is 0.480 e. The Balaban J connectivity index is 1.65. The number of aliphatic hydroxyl groups excluding tert-OH is 1. The summed E-state index contributed by atoms with van der Waals surface area (Å²) in [7, 11) is 0. The van der Waals surface area contributed by atoms with Gasteiger partial charge in [0, 0.05) is 6.61 Å². The lowest BCUT2D eigenvalue weighted by Crippen LogP contribution is -2.25. The van der Waals surface area contributed by atoms with Crippen LogP contribution in [0.5, 0.6) is 0 Å². The van der Waals surface area contributed by atoms with E-state index >= 15 is 0 Å². The summed E-state index contributed by atoms with van der Waals surface area (Å²) in [5.74, 6) is 2.52. The Morgan fingerprint density at radius 3 is 2.65 bits per heavy atom. The Bertz CT molecular complexity index is 411. The van der Waals surface area contributed by atoms with Crippen LogP contribution in [0.25, 0.3) is 0 Å². The Morgan fingerprint density at radius 1 is 1.15 bits per heavy atom. The summed E-state index contributed by atoms with van der Waals surface area (Å²) in [6, 6.07) is 0. The molecule has 152 valence electrons. The van der Waals surface area contributed by atoms with Gasteiger partial charge in [0.1, 0.15) is 6.61 Å². The predicted octanol–water partition coefficient (Wildman–Crippen LogP) is 4.89. The topological polar surface area (TPSA) is 66.8 Å². The van der Waals surface area contributed by atoms with Gasteiger partial charge in [0.05, 0.1) is 6.10 Å². The first kappa shape index (κ1) is 21.7. The second kappa shape index (κ2) is 11.3. The molecule has 2 saturated carbocycles. The fourth-order valence-corrected chi connectivity index (χ4v) is 5.46. The molecule has 0 aromatic carbocycles. The van der Waals surface area contributed by atoms with E-state index in [0.29, 0.717) is 24.4 Å². The Labute approximate surface area is 159 Å². The van der Waals surface area contributed by atoms with Gasteiger partial charge in [-0.25, -0.2) is 4.79 Å². The van der Waals surface area contributed by atoms with Crippen LogP contribution in [0, 0.1) is 29.6 Å². The fraction of sp³-hybridized carbons (Fsp3) is 0.955. The molecule has 0 aliphatic heterocycles. The summed E-state index contributed by atoms with van der Waals surface area (Å²) < 4.78 is 5.21. The molecule has 0 bridgehead atoms. The van der Waals surface area contributed by atoms with Crippen molar-refractivity contribution in [3.8, 4) is 0 Å². The van der Waals surface area contributed by atoms with Crippen LogP contribution in [-0.2, 0) is 9.53 Å². The first-order valence-corrected chi connectivity index (χ1v) is 11.0. The number of aliphatic hydroxyl groups is 1. The molecule has 0 aromatic heterocycles. The van der Waals surface area contributed by atoms with E-state index in [1.54, 1.807) is 0 Å². The predicted molar refractivity (Wildman–Crippen MR) is 104 cm³/mol. The molecule has 0 amide bonds. The standard InChI is InChI=1S/C22H40O4/c1-3-4-6-16(2)7-5-8-21(23)19-10-9-18-13-17(14-20(18)19)11-12-26-15-22(24)25/h16-21,23H,3-15H2,1-2H3,(H,24,25)/t16?,17?,18-,19+,20+,21?/m0/s1. The van der Waals surface area contributed by atoms with Gasteiger partial charge in [-0.3, -0.25) is 0 Å². The van der Waals surface area contributed by atoms with Crippen molar-refractivity contribution >= 4 is 5.97 Å². The minimum absolute atomic E-state index is 0.120. The van der Waals surface area contributed by atoms with E-state index in [1.807, 2.05) is 0 Å². The number of carbonyl (C=O) groups is 1. The zero-order valence-corrected chi connectivity index (χ0v) is 16.9. The van der Waals surface area contributed by atoms with E-state index in [4.69, 9.17) is 9.84 Å². The molecule has 0 saturated heterocycles. The molecular weight excluding hydrogens is 328 g/mol. The molecule has 26 heavy (non-hydrogen) atoms. The van der Waals surface area contributed by atoms with E-state index in [2.05, 4.69) is 13.8 Å². The van der Waals surface area contributed by atoms with Gasteiger partial charge in [0.2, 0.25) is 0 Å². The summed E-state index contributed by atoms with van der Waals surface area (Å²) >= 11 is 0. The van der Waals surface area contributed by atoms with Crippen LogP contribution in [-0.4, -0.2) is 35.5 Å². The number of carboxylic acid groups (broad SMARTS) is 1. The van der Waals surface area contributed by atoms with Gasteiger partial charge < -0.3 is 14.9 Å². The lowest BCUT2D eigenvalue weighted by Gasteiger charge is -2.25. The summed E-state index contributed by atoms with van der Waals surface area (Å²) in [4.78, 5) is 10.5. The summed E-state index contributed by atoms with van der Waals surface area (Å²) in [5, 5.41) is 19.4. The van der Waals surface area contributed by atoms with Gasteiger partial charge in [-0.1, -0.05) is 46.0 Å². The van der Waals surface area contributed by atoms with Gasteiger partial charge >= 0.3 is 5.97 Å². The lowest BCUT2D eigenvalue weighted by molar-refractivity contribution is -0.142.